The standard InChI is InChI=1S/C51H69NO31/c52-20-9-5-18(6-10-20)2-1-17-3-7-19(8-4-17)45(70)71-16-26-44-32(63)38(69)51(77-26)82-43-25(15-57)75-49(36(67)30(43)61)80-41-23(13-55)73-47(34(65)28(41)59)78-39-21(11-53)72-46(33(64)27(39)58)79-40-22(12-54)74-48(35(66)29(40)60)81-42-24(14-56)76-50(83-44)37(68)31(42)62/h3-10,21-44,46-51,53-69H,11-16,52H2/t21-,22-,23-,24-,25-,26-,27-,28-,29-,30-,31-,32-,33-,34-,35-,36-,37-,38-,39-,40-,41-,42-,43-,44-,46-,47-,48-,49-,50-,51-/m1/s1. The van der Waals surface area contributed by atoms with Crippen LogP contribution in [-0.4, -0.2) is 317 Å². The van der Waals surface area contributed by atoms with E-state index in [1.165, 1.54) is 24.3 Å². The largest absolute Gasteiger partial charge is 0.459 e. The average Bonchev–Trinajstić information content (AvgIpc) is 3.66. The van der Waals surface area contributed by atoms with E-state index in [2.05, 4.69) is 11.8 Å². The Bertz CT molecular complexity index is 2460. The van der Waals surface area contributed by atoms with Crippen LogP contribution >= 0.6 is 0 Å². The van der Waals surface area contributed by atoms with Gasteiger partial charge in [-0.15, -0.1) is 0 Å². The third-order valence-corrected chi connectivity index (χ3v) is 15.3. The lowest BCUT2D eigenvalue weighted by Crippen LogP contribution is -2.69. The molecule has 0 unspecified atom stereocenters. The summed E-state index contributed by atoms with van der Waals surface area (Å²) in [4.78, 5) is 13.6. The van der Waals surface area contributed by atoms with Crippen LogP contribution in [0.2, 0.25) is 0 Å². The summed E-state index contributed by atoms with van der Waals surface area (Å²) in [7, 11) is 0. The maximum Gasteiger partial charge on any atom is 0.338 e. The molecule has 0 radical (unpaired) electrons. The first-order valence-corrected chi connectivity index (χ1v) is 26.4. The van der Waals surface area contributed by atoms with E-state index in [0.717, 1.165) is 0 Å². The Morgan fingerprint density at radius 3 is 0.831 bits per heavy atom. The summed E-state index contributed by atoms with van der Waals surface area (Å²) in [6, 6.07) is 12.6. The Balaban J connectivity index is 1.00. The Hall–Kier alpha value is -3.89. The van der Waals surface area contributed by atoms with Crippen LogP contribution in [0.1, 0.15) is 21.5 Å². The number of carbonyl (C=O) groups is 1. The van der Waals surface area contributed by atoms with Crippen molar-refractivity contribution in [2.75, 3.05) is 45.4 Å². The second-order valence-electron chi connectivity index (χ2n) is 20.7. The topological polar surface area (TPSA) is 507 Å². The van der Waals surface area contributed by atoms with E-state index in [-0.39, 0.29) is 5.56 Å². The van der Waals surface area contributed by atoms with Gasteiger partial charge in [0.05, 0.1) is 38.6 Å². The molecule has 464 valence electrons. The highest BCUT2D eigenvalue weighted by atomic mass is 16.8. The van der Waals surface area contributed by atoms with Crippen molar-refractivity contribution in [1.29, 1.82) is 0 Å². The van der Waals surface area contributed by atoms with Crippen LogP contribution in [-0.2, 0) is 61.6 Å². The van der Waals surface area contributed by atoms with E-state index in [4.69, 9.17) is 67.3 Å². The molecule has 22 fully saturated rings. The molecule has 0 amide bonds. The van der Waals surface area contributed by atoms with Gasteiger partial charge in [-0.2, -0.15) is 0 Å². The minimum absolute atomic E-state index is 0.0204. The van der Waals surface area contributed by atoms with Crippen molar-refractivity contribution in [2.24, 2.45) is 0 Å². The molecule has 2 aromatic carbocycles. The van der Waals surface area contributed by atoms with Gasteiger partial charge in [-0.1, -0.05) is 11.8 Å². The molecule has 2 aromatic rings. The van der Waals surface area contributed by atoms with Gasteiger partial charge in [-0.3, -0.25) is 0 Å². The summed E-state index contributed by atoms with van der Waals surface area (Å²) in [5, 5.41) is 190. The molecule has 30 atom stereocenters. The summed E-state index contributed by atoms with van der Waals surface area (Å²) in [6.45, 7) is -6.05. The number of aliphatic hydroxyl groups is 17. The number of benzene rings is 2. The predicted octanol–water partition coefficient (Wildman–Crippen LogP) is -10.2. The number of anilines is 1. The average molecular weight is 1190 g/mol. The highest BCUT2D eigenvalue weighted by molar-refractivity contribution is 5.89. The normalized spacial score (nSPS) is 46.1. The van der Waals surface area contributed by atoms with Crippen LogP contribution in [0.15, 0.2) is 48.5 Å². The van der Waals surface area contributed by atoms with Crippen molar-refractivity contribution < 1.29 is 153 Å². The third-order valence-electron chi connectivity index (χ3n) is 15.3. The zero-order chi connectivity index (χ0) is 59.7. The van der Waals surface area contributed by atoms with Gasteiger partial charge in [0.25, 0.3) is 0 Å². The number of carbonyl (C=O) groups excluding carboxylic acids is 1. The summed E-state index contributed by atoms with van der Waals surface area (Å²) < 4.78 is 75.1. The Kier molecular flexibility index (Phi) is 21.0. The Morgan fingerprint density at radius 2 is 0.578 bits per heavy atom. The predicted molar refractivity (Wildman–Crippen MR) is 262 cm³/mol. The number of hydrogen-bond acceptors (Lipinski definition) is 32. The molecule has 83 heavy (non-hydrogen) atoms. The summed E-state index contributed by atoms with van der Waals surface area (Å²) in [5.41, 5.74) is 7.43. The zero-order valence-electron chi connectivity index (χ0n) is 43.6. The molecule has 22 aliphatic heterocycles. The fraction of sp³-hybridized carbons (Fsp3) is 0.706. The van der Waals surface area contributed by atoms with Crippen molar-refractivity contribution in [3.05, 3.63) is 65.2 Å². The summed E-state index contributed by atoms with van der Waals surface area (Å²) in [5.74, 6) is 4.92. The molecule has 19 N–H and O–H groups in total. The molecular formula is C51H69NO31. The quantitative estimate of drug-likeness (QED) is 0.0663. The maximum atomic E-state index is 13.6. The van der Waals surface area contributed by atoms with Gasteiger partial charge >= 0.3 is 5.97 Å². The van der Waals surface area contributed by atoms with Crippen LogP contribution in [0.4, 0.5) is 5.69 Å². The minimum Gasteiger partial charge on any atom is -0.459 e. The summed E-state index contributed by atoms with van der Waals surface area (Å²) in [6.07, 6.45) is -60.4. The first kappa shape index (κ1) is 63.6. The maximum absolute atomic E-state index is 13.6. The molecule has 0 aromatic heterocycles. The van der Waals surface area contributed by atoms with E-state index < -0.39 is 230 Å². The zero-order valence-corrected chi connectivity index (χ0v) is 43.6. The Morgan fingerprint density at radius 1 is 0.349 bits per heavy atom. The van der Waals surface area contributed by atoms with Gasteiger partial charge < -0.3 is 154 Å². The second-order valence-corrected chi connectivity index (χ2v) is 20.7. The van der Waals surface area contributed by atoms with Crippen LogP contribution in [0, 0.1) is 11.8 Å². The van der Waals surface area contributed by atoms with Crippen molar-refractivity contribution in [1.82, 2.24) is 0 Å². The minimum atomic E-state index is -2.25. The van der Waals surface area contributed by atoms with Crippen molar-refractivity contribution >= 4 is 11.7 Å². The van der Waals surface area contributed by atoms with Crippen LogP contribution in [0.5, 0.6) is 0 Å². The molecule has 0 spiro atoms. The molecule has 22 aliphatic rings. The summed E-state index contributed by atoms with van der Waals surface area (Å²) >= 11 is 0. The lowest BCUT2D eigenvalue weighted by molar-refractivity contribution is -0.404. The molecule has 12 bridgehead atoms. The second kappa shape index (κ2) is 27.4. The Labute approximate surface area is 470 Å². The smallest absolute Gasteiger partial charge is 0.338 e. The van der Waals surface area contributed by atoms with E-state index in [9.17, 15) is 91.6 Å². The number of esters is 1. The van der Waals surface area contributed by atoms with Crippen LogP contribution in [0.25, 0.3) is 0 Å². The number of nitrogen functional groups attached to an aromatic ring is 1. The van der Waals surface area contributed by atoms with Gasteiger partial charge in [0.15, 0.2) is 37.7 Å². The first-order valence-electron chi connectivity index (χ1n) is 26.4. The number of hydrogen-bond donors (Lipinski definition) is 18. The number of ether oxygens (including phenoxy) is 13. The van der Waals surface area contributed by atoms with Crippen molar-refractivity contribution in [3.63, 3.8) is 0 Å². The SMILES string of the molecule is Nc1ccc(C#Cc2ccc(C(=O)OC[C@H]3O[C@@H]4O[C@H]5[C@H](O)[C@@H](O)[C@@H](O[C@H]6[C@H](O)[C@@H](O)[C@@H](O[C@H]7[C@H](O)[C@@H](O)[C@@H](O[C@H]8[C@H](O)[C@@H](O)[C@@H](O[C@H]9[C@H](O)[C@@H](O)[C@@H](O[C@H]3[C@H](O)[C@H]4O)O[C@@H]9CO)O[C@@H]8CO)O[C@@H]7CO)O[C@@H]6CO)O[C@@H]5CO)cc2)cc1. The molecule has 0 aliphatic carbocycles. The van der Waals surface area contributed by atoms with E-state index in [0.29, 0.717) is 16.8 Å². The number of rotatable bonds is 8. The molecule has 22 heterocycles. The lowest BCUT2D eigenvalue weighted by atomic mass is 9.94. The van der Waals surface area contributed by atoms with E-state index in [1.807, 2.05) is 0 Å². The number of nitrogens with two attached hydrogens (primary N) is 1. The molecule has 32 nitrogen and oxygen atoms in total. The van der Waals surface area contributed by atoms with Gasteiger partial charge in [-0.05, 0) is 48.5 Å². The van der Waals surface area contributed by atoms with E-state index in [1.54, 1.807) is 24.3 Å². The fourth-order valence-corrected chi connectivity index (χ4v) is 10.6. The number of aliphatic hydroxyl groups excluding tert-OH is 17. The van der Waals surface area contributed by atoms with Gasteiger partial charge in [0.2, 0.25) is 0 Å². The third kappa shape index (κ3) is 13.3. The van der Waals surface area contributed by atoms with E-state index >= 15 is 0 Å². The van der Waals surface area contributed by atoms with Crippen LogP contribution in [0.3, 0.4) is 0 Å². The lowest BCUT2D eigenvalue weighted by Gasteiger charge is -2.50. The monoisotopic (exact) mass is 1190 g/mol. The first-order chi connectivity index (χ1) is 39.7. The fourth-order valence-electron chi connectivity index (χ4n) is 10.6. The molecule has 22 saturated heterocycles. The molecule has 0 saturated carbocycles. The van der Waals surface area contributed by atoms with Gasteiger partial charge in [-0.25, -0.2) is 4.79 Å². The molecule has 32 heteroatoms. The molecule has 24 rings (SSSR count). The van der Waals surface area contributed by atoms with Crippen molar-refractivity contribution in [3.8, 4) is 11.8 Å². The van der Waals surface area contributed by atoms with Gasteiger partial charge in [0.1, 0.15) is 153 Å². The molecular weight excluding hydrogens is 1120 g/mol. The van der Waals surface area contributed by atoms with Crippen LogP contribution < -0.4 is 5.73 Å². The highest BCUT2D eigenvalue weighted by Crippen LogP contribution is 2.38. The van der Waals surface area contributed by atoms with Crippen molar-refractivity contribution in [2.45, 2.75) is 184 Å². The van der Waals surface area contributed by atoms with Gasteiger partial charge in [0, 0.05) is 16.8 Å². The highest BCUT2D eigenvalue weighted by Gasteiger charge is 2.59.